The molecule has 0 aliphatic carbocycles. The van der Waals surface area contributed by atoms with E-state index in [0.717, 1.165) is 5.56 Å². The maximum Gasteiger partial charge on any atom is 0.316 e. The number of amides is 1. The number of hydrogen-bond acceptors (Lipinski definition) is 5. The summed E-state index contributed by atoms with van der Waals surface area (Å²) in [6, 6.07) is 10.4. The van der Waals surface area contributed by atoms with Crippen molar-refractivity contribution >= 4 is 16.9 Å². The van der Waals surface area contributed by atoms with Crippen LogP contribution in [0.25, 0.3) is 11.0 Å². The highest BCUT2D eigenvalue weighted by molar-refractivity contribution is 5.97. The highest BCUT2D eigenvalue weighted by Gasteiger charge is 2.22. The summed E-state index contributed by atoms with van der Waals surface area (Å²) in [5, 5.41) is 3.08. The minimum Gasteiger partial charge on any atom is -0.486 e. The Hall–Kier alpha value is -3.55. The second-order valence-corrected chi connectivity index (χ2v) is 7.83. The fourth-order valence-electron chi connectivity index (χ4n) is 3.85. The van der Waals surface area contributed by atoms with Crippen molar-refractivity contribution in [3.63, 3.8) is 0 Å². The van der Waals surface area contributed by atoms with Gasteiger partial charge in [0.2, 0.25) is 0 Å². The van der Waals surface area contributed by atoms with E-state index in [-0.39, 0.29) is 17.9 Å². The number of aromatic nitrogens is 2. The van der Waals surface area contributed by atoms with Crippen LogP contribution in [0.3, 0.4) is 0 Å². The van der Waals surface area contributed by atoms with E-state index in [4.69, 9.17) is 9.47 Å². The summed E-state index contributed by atoms with van der Waals surface area (Å²) in [6.07, 6.45) is 0. The number of carbonyl (C=O) groups is 1. The van der Waals surface area contributed by atoms with Gasteiger partial charge in [-0.3, -0.25) is 14.4 Å². The Labute approximate surface area is 178 Å². The fraction of sp³-hybridized carbons (Fsp3) is 0.348. The molecule has 1 unspecified atom stereocenters. The van der Waals surface area contributed by atoms with E-state index in [2.05, 4.69) is 10.3 Å². The minimum absolute atomic E-state index is 0.122. The van der Waals surface area contributed by atoms with E-state index >= 15 is 0 Å². The lowest BCUT2D eigenvalue weighted by atomic mass is 9.95. The molecule has 1 aliphatic rings. The molecule has 8 nitrogen and oxygen atoms in total. The van der Waals surface area contributed by atoms with Gasteiger partial charge in [0.05, 0.1) is 17.1 Å². The third-order valence-corrected chi connectivity index (χ3v) is 5.43. The molecule has 3 aromatic rings. The van der Waals surface area contributed by atoms with E-state index in [9.17, 15) is 14.4 Å². The van der Waals surface area contributed by atoms with Gasteiger partial charge >= 0.3 is 11.1 Å². The second kappa shape index (κ2) is 8.29. The minimum atomic E-state index is -0.705. The molecule has 1 aliphatic heterocycles. The molecule has 2 aromatic carbocycles. The molecule has 0 fully saturated rings. The molecule has 8 heteroatoms. The quantitative estimate of drug-likeness (QED) is 0.614. The van der Waals surface area contributed by atoms with Crippen molar-refractivity contribution < 1.29 is 14.3 Å². The lowest BCUT2D eigenvalue weighted by molar-refractivity contribution is 0.0925. The Balaban J connectivity index is 1.65. The van der Waals surface area contributed by atoms with Crippen LogP contribution in [0.15, 0.2) is 46.0 Å². The van der Waals surface area contributed by atoms with Gasteiger partial charge in [0.25, 0.3) is 5.91 Å². The predicted molar refractivity (Wildman–Crippen MR) is 117 cm³/mol. The third kappa shape index (κ3) is 3.93. The molecule has 0 saturated heterocycles. The van der Waals surface area contributed by atoms with Crippen molar-refractivity contribution in [3.8, 4) is 11.5 Å². The van der Waals surface area contributed by atoms with Gasteiger partial charge in [-0.2, -0.15) is 0 Å². The molecule has 162 valence electrons. The smallest absolute Gasteiger partial charge is 0.316 e. The van der Waals surface area contributed by atoms with Crippen LogP contribution in [0.1, 0.15) is 42.7 Å². The van der Waals surface area contributed by atoms with Crippen LogP contribution in [0.4, 0.5) is 0 Å². The maximum atomic E-state index is 13.0. The number of hydrogen-bond donors (Lipinski definition) is 2. The average Bonchev–Trinajstić information content (AvgIpc) is 2.77. The number of H-pyrrole nitrogens is 1. The number of nitrogens with one attached hydrogen (secondary N) is 2. The zero-order chi connectivity index (χ0) is 22.1. The highest BCUT2D eigenvalue weighted by atomic mass is 16.6. The van der Waals surface area contributed by atoms with Crippen LogP contribution in [-0.2, 0) is 6.54 Å². The molecular weight excluding hydrogens is 398 g/mol. The Morgan fingerprint density at radius 1 is 1.10 bits per heavy atom. The van der Waals surface area contributed by atoms with Crippen molar-refractivity contribution in [3.05, 3.63) is 68.2 Å². The summed E-state index contributed by atoms with van der Waals surface area (Å²) in [5.74, 6) is 1.22. The van der Waals surface area contributed by atoms with Crippen molar-refractivity contribution in [2.75, 3.05) is 13.2 Å². The Bertz CT molecular complexity index is 1260. The SMILES string of the molecule is CCn1c(=O)c(=O)[nH]c2cc(C(=O)NC(c3ccc4c(c3)OCCO4)C(C)C)ccc21. The van der Waals surface area contributed by atoms with Gasteiger partial charge in [-0.05, 0) is 48.7 Å². The molecule has 0 spiro atoms. The molecule has 1 amide bonds. The number of rotatable bonds is 5. The molecule has 0 radical (unpaired) electrons. The van der Waals surface area contributed by atoms with Gasteiger partial charge in [0, 0.05) is 12.1 Å². The number of ether oxygens (including phenoxy) is 2. The summed E-state index contributed by atoms with van der Waals surface area (Å²) in [5.41, 5.74) is 1.03. The van der Waals surface area contributed by atoms with E-state index in [0.29, 0.717) is 47.9 Å². The first-order valence-electron chi connectivity index (χ1n) is 10.4. The largest absolute Gasteiger partial charge is 0.486 e. The van der Waals surface area contributed by atoms with E-state index < -0.39 is 11.1 Å². The summed E-state index contributed by atoms with van der Waals surface area (Å²) >= 11 is 0. The number of carbonyl (C=O) groups excluding carboxylic acids is 1. The van der Waals surface area contributed by atoms with Crippen LogP contribution in [0.2, 0.25) is 0 Å². The molecule has 4 rings (SSSR count). The summed E-state index contributed by atoms with van der Waals surface area (Å²) in [4.78, 5) is 39.6. The molecular formula is C23H25N3O5. The lowest BCUT2D eigenvalue weighted by Crippen LogP contribution is -2.36. The van der Waals surface area contributed by atoms with Gasteiger partial charge in [-0.1, -0.05) is 19.9 Å². The number of aryl methyl sites for hydroxylation is 1. The monoisotopic (exact) mass is 423 g/mol. The van der Waals surface area contributed by atoms with E-state index in [1.165, 1.54) is 4.57 Å². The summed E-state index contributed by atoms with van der Waals surface area (Å²) in [7, 11) is 0. The molecule has 2 N–H and O–H groups in total. The summed E-state index contributed by atoms with van der Waals surface area (Å²) < 4.78 is 12.6. The fourth-order valence-corrected chi connectivity index (χ4v) is 3.85. The molecule has 2 heterocycles. The van der Waals surface area contributed by atoms with Crippen LogP contribution in [-0.4, -0.2) is 28.7 Å². The zero-order valence-corrected chi connectivity index (χ0v) is 17.7. The normalized spacial score (nSPS) is 13.9. The number of fused-ring (bicyclic) bond motifs is 2. The van der Waals surface area contributed by atoms with Crippen molar-refractivity contribution in [1.82, 2.24) is 14.9 Å². The third-order valence-electron chi connectivity index (χ3n) is 5.43. The van der Waals surface area contributed by atoms with Crippen LogP contribution < -0.4 is 25.9 Å². The molecule has 0 saturated carbocycles. The van der Waals surface area contributed by atoms with Crippen LogP contribution >= 0.6 is 0 Å². The Kier molecular flexibility index (Phi) is 5.54. The van der Waals surface area contributed by atoms with Gasteiger partial charge in [-0.25, -0.2) is 0 Å². The first-order valence-corrected chi connectivity index (χ1v) is 10.4. The predicted octanol–water partition coefficient (Wildman–Crippen LogP) is 2.61. The molecule has 1 atom stereocenters. The Morgan fingerprint density at radius 2 is 1.84 bits per heavy atom. The number of aromatic amines is 1. The topological polar surface area (TPSA) is 102 Å². The van der Waals surface area contributed by atoms with E-state index in [1.54, 1.807) is 25.1 Å². The van der Waals surface area contributed by atoms with Crippen LogP contribution in [0, 0.1) is 5.92 Å². The first-order chi connectivity index (χ1) is 14.9. The maximum absolute atomic E-state index is 13.0. The Morgan fingerprint density at radius 3 is 2.55 bits per heavy atom. The standard InChI is InChI=1S/C23H25N3O5/c1-4-26-17-7-5-15(11-16(17)24-22(28)23(26)29)21(27)25-20(13(2)3)14-6-8-18-19(12-14)31-10-9-30-18/h5-8,11-13,20H,4,9-10H2,1-3H3,(H,24,28)(H,25,27). The summed E-state index contributed by atoms with van der Waals surface area (Å²) in [6.45, 7) is 7.23. The molecule has 0 bridgehead atoms. The first kappa shape index (κ1) is 20.7. The highest BCUT2D eigenvalue weighted by Crippen LogP contribution is 2.34. The van der Waals surface area contributed by atoms with Gasteiger partial charge < -0.3 is 24.3 Å². The van der Waals surface area contributed by atoms with Gasteiger partial charge in [0.15, 0.2) is 11.5 Å². The van der Waals surface area contributed by atoms with Crippen molar-refractivity contribution in [2.24, 2.45) is 5.92 Å². The van der Waals surface area contributed by atoms with Gasteiger partial charge in [0.1, 0.15) is 13.2 Å². The second-order valence-electron chi connectivity index (χ2n) is 7.83. The molecule has 31 heavy (non-hydrogen) atoms. The van der Waals surface area contributed by atoms with Gasteiger partial charge in [-0.15, -0.1) is 0 Å². The van der Waals surface area contributed by atoms with Crippen LogP contribution in [0.5, 0.6) is 11.5 Å². The van der Waals surface area contributed by atoms with E-state index in [1.807, 2.05) is 32.0 Å². The zero-order valence-electron chi connectivity index (χ0n) is 17.7. The average molecular weight is 423 g/mol. The lowest BCUT2D eigenvalue weighted by Gasteiger charge is -2.25. The van der Waals surface area contributed by atoms with Crippen molar-refractivity contribution in [1.29, 1.82) is 0 Å². The molecule has 1 aromatic heterocycles. The van der Waals surface area contributed by atoms with Crippen molar-refractivity contribution in [2.45, 2.75) is 33.4 Å². The number of benzene rings is 2. The number of nitrogens with zero attached hydrogens (tertiary/aromatic N) is 1.